The fourth-order valence-corrected chi connectivity index (χ4v) is 2.61. The summed E-state index contributed by atoms with van der Waals surface area (Å²) in [5, 5.41) is 4.71. The number of nitrogens with zero attached hydrogens (tertiary/aromatic N) is 1. The van der Waals surface area contributed by atoms with Crippen LogP contribution in [0.1, 0.15) is 36.1 Å². The lowest BCUT2D eigenvalue weighted by atomic mass is 9.96. The van der Waals surface area contributed by atoms with E-state index in [1.54, 1.807) is 12.3 Å². The molecule has 0 amide bonds. The van der Waals surface area contributed by atoms with Crippen molar-refractivity contribution in [3.63, 3.8) is 0 Å². The van der Waals surface area contributed by atoms with Crippen LogP contribution >= 0.6 is 23.2 Å². The van der Waals surface area contributed by atoms with Gasteiger partial charge in [-0.05, 0) is 48.7 Å². The molecular formula is C16H18Cl2N2. The Morgan fingerprint density at radius 3 is 2.70 bits per heavy atom. The molecule has 1 aromatic carbocycles. The van der Waals surface area contributed by atoms with Crippen LogP contribution in [-0.4, -0.2) is 11.5 Å². The Morgan fingerprint density at radius 1 is 1.20 bits per heavy atom. The molecule has 0 spiro atoms. The van der Waals surface area contributed by atoms with Crippen molar-refractivity contribution in [3.8, 4) is 0 Å². The van der Waals surface area contributed by atoms with Crippen molar-refractivity contribution in [3.05, 3.63) is 63.4 Å². The zero-order chi connectivity index (χ0) is 14.5. The number of pyridine rings is 1. The van der Waals surface area contributed by atoms with Gasteiger partial charge in [0, 0.05) is 12.4 Å². The average Bonchev–Trinajstić information content (AvgIpc) is 2.45. The van der Waals surface area contributed by atoms with Crippen molar-refractivity contribution in [2.45, 2.75) is 26.3 Å². The smallest absolute Gasteiger partial charge is 0.0643 e. The molecule has 20 heavy (non-hydrogen) atoms. The second kappa shape index (κ2) is 7.07. The summed E-state index contributed by atoms with van der Waals surface area (Å²) in [6, 6.07) is 7.76. The zero-order valence-corrected chi connectivity index (χ0v) is 13.2. The van der Waals surface area contributed by atoms with E-state index in [2.05, 4.69) is 24.1 Å². The lowest BCUT2D eigenvalue weighted by Crippen LogP contribution is -2.24. The highest BCUT2D eigenvalue weighted by Crippen LogP contribution is 2.33. The molecule has 0 saturated heterocycles. The van der Waals surface area contributed by atoms with Crippen LogP contribution in [0, 0.1) is 6.92 Å². The molecule has 2 aromatic rings. The molecule has 0 aliphatic rings. The third-order valence-corrected chi connectivity index (χ3v) is 4.12. The van der Waals surface area contributed by atoms with E-state index in [4.69, 9.17) is 23.2 Å². The molecule has 0 aliphatic heterocycles. The fraction of sp³-hybridized carbons (Fsp3) is 0.312. The molecule has 0 fully saturated rings. The van der Waals surface area contributed by atoms with E-state index in [9.17, 15) is 0 Å². The maximum Gasteiger partial charge on any atom is 0.0643 e. The summed E-state index contributed by atoms with van der Waals surface area (Å²) in [4.78, 5) is 4.24. The highest BCUT2D eigenvalue weighted by atomic mass is 35.5. The average molecular weight is 309 g/mol. The largest absolute Gasteiger partial charge is 0.306 e. The number of aryl methyl sites for hydroxylation is 1. The molecule has 0 aliphatic carbocycles. The Morgan fingerprint density at radius 2 is 2.00 bits per heavy atom. The van der Waals surface area contributed by atoms with Crippen LogP contribution in [0.3, 0.4) is 0 Å². The summed E-state index contributed by atoms with van der Waals surface area (Å²) in [6.07, 6.45) is 4.74. The second-order valence-electron chi connectivity index (χ2n) is 4.76. The van der Waals surface area contributed by atoms with Crippen LogP contribution in [0.5, 0.6) is 0 Å². The van der Waals surface area contributed by atoms with Crippen LogP contribution < -0.4 is 5.32 Å². The van der Waals surface area contributed by atoms with Crippen molar-refractivity contribution in [2.24, 2.45) is 0 Å². The van der Waals surface area contributed by atoms with Gasteiger partial charge in [-0.2, -0.15) is 0 Å². The number of rotatable bonds is 5. The van der Waals surface area contributed by atoms with Gasteiger partial charge in [-0.3, -0.25) is 4.98 Å². The van der Waals surface area contributed by atoms with Crippen molar-refractivity contribution in [1.29, 1.82) is 0 Å². The monoisotopic (exact) mass is 308 g/mol. The first-order chi connectivity index (χ1) is 9.65. The first-order valence-electron chi connectivity index (χ1n) is 6.73. The van der Waals surface area contributed by atoms with Gasteiger partial charge in [-0.15, -0.1) is 0 Å². The molecule has 1 atom stereocenters. The normalized spacial score (nSPS) is 12.4. The summed E-state index contributed by atoms with van der Waals surface area (Å²) >= 11 is 12.5. The van der Waals surface area contributed by atoms with E-state index in [0.717, 1.165) is 24.1 Å². The lowest BCUT2D eigenvalue weighted by Gasteiger charge is -2.22. The molecule has 0 saturated carbocycles. The lowest BCUT2D eigenvalue weighted by molar-refractivity contribution is 0.595. The van der Waals surface area contributed by atoms with E-state index in [0.29, 0.717) is 10.0 Å². The number of hydrogen-bond donors (Lipinski definition) is 1. The van der Waals surface area contributed by atoms with Gasteiger partial charge < -0.3 is 5.32 Å². The van der Waals surface area contributed by atoms with Crippen molar-refractivity contribution < 1.29 is 0 Å². The van der Waals surface area contributed by atoms with Gasteiger partial charge in [0.05, 0.1) is 16.1 Å². The summed E-state index contributed by atoms with van der Waals surface area (Å²) in [7, 11) is 0. The maximum atomic E-state index is 6.38. The molecule has 106 valence electrons. The quantitative estimate of drug-likeness (QED) is 0.859. The Labute approximate surface area is 130 Å². The zero-order valence-electron chi connectivity index (χ0n) is 11.7. The summed E-state index contributed by atoms with van der Waals surface area (Å²) < 4.78 is 0. The van der Waals surface area contributed by atoms with Gasteiger partial charge in [0.1, 0.15) is 0 Å². The van der Waals surface area contributed by atoms with E-state index in [1.807, 2.05) is 24.4 Å². The molecule has 4 heteroatoms. The predicted octanol–water partition coefficient (Wildman–Crippen LogP) is 4.79. The predicted molar refractivity (Wildman–Crippen MR) is 85.6 cm³/mol. The molecule has 2 rings (SSSR count). The van der Waals surface area contributed by atoms with Crippen molar-refractivity contribution in [2.75, 3.05) is 6.54 Å². The van der Waals surface area contributed by atoms with Crippen LogP contribution in [0.4, 0.5) is 0 Å². The highest BCUT2D eigenvalue weighted by Gasteiger charge is 2.19. The van der Waals surface area contributed by atoms with Gasteiger partial charge in [0.2, 0.25) is 0 Å². The molecule has 1 heterocycles. The van der Waals surface area contributed by atoms with Gasteiger partial charge in [-0.1, -0.05) is 42.3 Å². The third-order valence-electron chi connectivity index (χ3n) is 3.28. The Bertz CT molecular complexity index is 584. The van der Waals surface area contributed by atoms with Crippen LogP contribution in [0.25, 0.3) is 0 Å². The maximum absolute atomic E-state index is 6.38. The van der Waals surface area contributed by atoms with E-state index in [-0.39, 0.29) is 6.04 Å². The number of benzene rings is 1. The highest BCUT2D eigenvalue weighted by molar-refractivity contribution is 6.42. The summed E-state index contributed by atoms with van der Waals surface area (Å²) in [5.41, 5.74) is 3.30. The SMILES string of the molecule is CCCNC(c1cnccc1C)c1cccc(Cl)c1Cl. The minimum absolute atomic E-state index is 0.00912. The Hall–Kier alpha value is -1.09. The number of halogens is 2. The first kappa shape index (κ1) is 15.3. The third kappa shape index (κ3) is 3.32. The Kier molecular flexibility index (Phi) is 5.41. The molecule has 2 nitrogen and oxygen atoms in total. The number of nitrogens with one attached hydrogen (secondary N) is 1. The van der Waals surface area contributed by atoms with Gasteiger partial charge in [-0.25, -0.2) is 0 Å². The number of aromatic nitrogens is 1. The second-order valence-corrected chi connectivity index (χ2v) is 5.55. The topological polar surface area (TPSA) is 24.9 Å². The molecular weight excluding hydrogens is 291 g/mol. The van der Waals surface area contributed by atoms with Gasteiger partial charge in [0.25, 0.3) is 0 Å². The van der Waals surface area contributed by atoms with Crippen LogP contribution in [0.15, 0.2) is 36.7 Å². The molecule has 1 unspecified atom stereocenters. The number of hydrogen-bond acceptors (Lipinski definition) is 2. The molecule has 1 N–H and O–H groups in total. The fourth-order valence-electron chi connectivity index (χ4n) is 2.20. The summed E-state index contributed by atoms with van der Waals surface area (Å²) in [5.74, 6) is 0. The minimum atomic E-state index is 0.00912. The first-order valence-corrected chi connectivity index (χ1v) is 7.48. The van der Waals surface area contributed by atoms with Crippen LogP contribution in [0.2, 0.25) is 10.0 Å². The van der Waals surface area contributed by atoms with Gasteiger partial charge >= 0.3 is 0 Å². The minimum Gasteiger partial charge on any atom is -0.306 e. The van der Waals surface area contributed by atoms with Crippen LogP contribution in [-0.2, 0) is 0 Å². The van der Waals surface area contributed by atoms with E-state index >= 15 is 0 Å². The van der Waals surface area contributed by atoms with E-state index in [1.165, 1.54) is 5.56 Å². The van der Waals surface area contributed by atoms with Crippen molar-refractivity contribution >= 4 is 23.2 Å². The molecule has 0 bridgehead atoms. The Balaban J connectivity index is 2.47. The van der Waals surface area contributed by atoms with Crippen molar-refractivity contribution in [1.82, 2.24) is 10.3 Å². The molecule has 1 aromatic heterocycles. The standard InChI is InChI=1S/C16H18Cl2N2/c1-3-8-20-16(13-10-19-9-7-11(13)2)12-5-4-6-14(17)15(12)18/h4-7,9-10,16,20H,3,8H2,1-2H3. The van der Waals surface area contributed by atoms with Gasteiger partial charge in [0.15, 0.2) is 0 Å². The summed E-state index contributed by atoms with van der Waals surface area (Å²) in [6.45, 7) is 5.12. The molecule has 0 radical (unpaired) electrons. The van der Waals surface area contributed by atoms with E-state index < -0.39 is 0 Å².